The summed E-state index contributed by atoms with van der Waals surface area (Å²) in [5, 5.41) is 6.52. The van der Waals surface area contributed by atoms with Crippen LogP contribution >= 0.6 is 11.3 Å². The molecule has 0 aliphatic carbocycles. The molecule has 2 rings (SSSR count). The maximum Gasteiger partial charge on any atom is 0.254 e. The Kier molecular flexibility index (Phi) is 3.71. The zero-order valence-corrected chi connectivity index (χ0v) is 11.5. The zero-order valence-electron chi connectivity index (χ0n) is 9.83. The highest BCUT2D eigenvalue weighted by atomic mass is 32.2. The van der Waals surface area contributed by atoms with Crippen LogP contribution in [0.2, 0.25) is 0 Å². The fraction of sp³-hybridized carbons (Fsp3) is 0.500. The minimum atomic E-state index is -3.73. The Morgan fingerprint density at radius 2 is 2.33 bits per heavy atom. The summed E-state index contributed by atoms with van der Waals surface area (Å²) in [6, 6.07) is 1.32. The number of morpholine rings is 1. The number of carbonyl (C=O) groups excluding carboxylic acids is 1. The number of nitrogens with two attached hydrogens (primary N) is 1. The number of rotatable bonds is 2. The van der Waals surface area contributed by atoms with Gasteiger partial charge in [0.25, 0.3) is 5.91 Å². The molecule has 0 spiro atoms. The second kappa shape index (κ2) is 4.96. The topological polar surface area (TPSA) is 89.7 Å². The molecule has 1 fully saturated rings. The van der Waals surface area contributed by atoms with Crippen LogP contribution in [-0.2, 0) is 14.8 Å². The van der Waals surface area contributed by atoms with Gasteiger partial charge in [-0.1, -0.05) is 0 Å². The van der Waals surface area contributed by atoms with Crippen molar-refractivity contribution in [1.29, 1.82) is 0 Å². The normalized spacial score (nSPS) is 21.0. The van der Waals surface area contributed by atoms with Crippen LogP contribution in [0.3, 0.4) is 0 Å². The molecule has 0 aromatic carbocycles. The Labute approximate surface area is 109 Å². The van der Waals surface area contributed by atoms with Crippen molar-refractivity contribution >= 4 is 27.3 Å². The summed E-state index contributed by atoms with van der Waals surface area (Å²) in [6.07, 6.45) is -0.000882. The van der Waals surface area contributed by atoms with E-state index in [0.29, 0.717) is 25.3 Å². The van der Waals surface area contributed by atoms with Crippen molar-refractivity contribution in [2.45, 2.75) is 17.2 Å². The lowest BCUT2D eigenvalue weighted by Crippen LogP contribution is -2.44. The van der Waals surface area contributed by atoms with Crippen LogP contribution in [0, 0.1) is 0 Å². The maximum absolute atomic E-state index is 12.1. The van der Waals surface area contributed by atoms with Crippen molar-refractivity contribution < 1.29 is 17.9 Å². The third kappa shape index (κ3) is 2.89. The summed E-state index contributed by atoms with van der Waals surface area (Å²) < 4.78 is 27.6. The van der Waals surface area contributed by atoms with Gasteiger partial charge in [-0.3, -0.25) is 4.79 Å². The Morgan fingerprint density at radius 1 is 1.61 bits per heavy atom. The average molecular weight is 290 g/mol. The first-order valence-corrected chi connectivity index (χ1v) is 7.83. The molecule has 2 N–H and O–H groups in total. The average Bonchev–Trinajstić information content (AvgIpc) is 2.77. The van der Waals surface area contributed by atoms with E-state index in [4.69, 9.17) is 9.88 Å². The van der Waals surface area contributed by atoms with E-state index in [1.165, 1.54) is 11.4 Å². The summed E-state index contributed by atoms with van der Waals surface area (Å²) in [5.41, 5.74) is 0.359. The SMILES string of the molecule is CC1CN(C(=O)c2csc(S(N)(=O)=O)c2)CCO1. The highest BCUT2D eigenvalue weighted by Gasteiger charge is 2.24. The number of thiophene rings is 1. The predicted molar refractivity (Wildman–Crippen MR) is 67.0 cm³/mol. The quantitative estimate of drug-likeness (QED) is 0.846. The molecule has 1 aromatic heterocycles. The number of sulfonamides is 1. The molecular formula is C10H14N2O4S2. The molecule has 0 bridgehead atoms. The molecule has 1 amide bonds. The van der Waals surface area contributed by atoms with E-state index in [2.05, 4.69) is 0 Å². The van der Waals surface area contributed by atoms with Crippen LogP contribution in [0.4, 0.5) is 0 Å². The van der Waals surface area contributed by atoms with Crippen molar-refractivity contribution in [3.8, 4) is 0 Å². The van der Waals surface area contributed by atoms with Gasteiger partial charge in [-0.15, -0.1) is 11.3 Å². The van der Waals surface area contributed by atoms with Gasteiger partial charge in [0.2, 0.25) is 10.0 Å². The highest BCUT2D eigenvalue weighted by molar-refractivity contribution is 7.91. The van der Waals surface area contributed by atoms with Crippen molar-refractivity contribution in [2.24, 2.45) is 5.14 Å². The number of hydrogen-bond acceptors (Lipinski definition) is 5. The molecule has 1 aliphatic heterocycles. The third-order valence-corrected chi connectivity index (χ3v) is 5.02. The van der Waals surface area contributed by atoms with Gasteiger partial charge in [0.15, 0.2) is 0 Å². The largest absolute Gasteiger partial charge is 0.375 e. The Balaban J connectivity index is 2.16. The van der Waals surface area contributed by atoms with Crippen molar-refractivity contribution in [2.75, 3.05) is 19.7 Å². The molecule has 8 heteroatoms. The first-order valence-electron chi connectivity index (χ1n) is 5.40. The highest BCUT2D eigenvalue weighted by Crippen LogP contribution is 2.20. The van der Waals surface area contributed by atoms with Gasteiger partial charge in [-0.25, -0.2) is 13.6 Å². The van der Waals surface area contributed by atoms with Crippen LogP contribution in [0.5, 0.6) is 0 Å². The molecule has 1 unspecified atom stereocenters. The van der Waals surface area contributed by atoms with E-state index in [0.717, 1.165) is 11.3 Å². The van der Waals surface area contributed by atoms with E-state index < -0.39 is 10.0 Å². The molecule has 1 aromatic rings. The van der Waals surface area contributed by atoms with Gasteiger partial charge in [-0.2, -0.15) is 0 Å². The van der Waals surface area contributed by atoms with Gasteiger partial charge >= 0.3 is 0 Å². The lowest BCUT2D eigenvalue weighted by atomic mass is 10.2. The third-order valence-electron chi connectivity index (χ3n) is 2.63. The summed E-state index contributed by atoms with van der Waals surface area (Å²) in [7, 11) is -3.73. The van der Waals surface area contributed by atoms with Crippen LogP contribution in [0.25, 0.3) is 0 Å². The van der Waals surface area contributed by atoms with Gasteiger partial charge in [0.1, 0.15) is 4.21 Å². The van der Waals surface area contributed by atoms with Crippen LogP contribution in [-0.4, -0.2) is 45.0 Å². The van der Waals surface area contributed by atoms with Gasteiger partial charge in [0, 0.05) is 18.5 Å². The van der Waals surface area contributed by atoms with E-state index in [9.17, 15) is 13.2 Å². The molecule has 0 saturated carbocycles. The van der Waals surface area contributed by atoms with E-state index >= 15 is 0 Å². The Morgan fingerprint density at radius 3 is 2.89 bits per heavy atom. The Hall–Kier alpha value is -0.960. The molecule has 100 valence electrons. The molecule has 18 heavy (non-hydrogen) atoms. The molecule has 0 radical (unpaired) electrons. The van der Waals surface area contributed by atoms with Gasteiger partial charge in [-0.05, 0) is 13.0 Å². The number of carbonyl (C=O) groups is 1. The number of ether oxygens (including phenoxy) is 1. The van der Waals surface area contributed by atoms with Crippen LogP contribution < -0.4 is 5.14 Å². The predicted octanol–water partition coefficient (Wildman–Crippen LogP) is 0.256. The van der Waals surface area contributed by atoms with E-state index in [1.54, 1.807) is 4.90 Å². The summed E-state index contributed by atoms with van der Waals surface area (Å²) >= 11 is 0.958. The second-order valence-corrected chi connectivity index (χ2v) is 6.83. The van der Waals surface area contributed by atoms with Crippen LogP contribution in [0.15, 0.2) is 15.7 Å². The summed E-state index contributed by atoms with van der Waals surface area (Å²) in [5.74, 6) is -0.184. The molecule has 1 atom stereocenters. The molecule has 2 heterocycles. The molecule has 6 nitrogen and oxygen atoms in total. The van der Waals surface area contributed by atoms with Crippen LogP contribution in [0.1, 0.15) is 17.3 Å². The number of amides is 1. The fourth-order valence-electron chi connectivity index (χ4n) is 1.76. The molecule has 1 saturated heterocycles. The maximum atomic E-state index is 12.1. The minimum Gasteiger partial charge on any atom is -0.375 e. The lowest BCUT2D eigenvalue weighted by molar-refractivity contribution is -0.0124. The smallest absolute Gasteiger partial charge is 0.254 e. The monoisotopic (exact) mass is 290 g/mol. The first kappa shape index (κ1) is 13.5. The second-order valence-electron chi connectivity index (χ2n) is 4.13. The minimum absolute atomic E-state index is 0.000882. The first-order chi connectivity index (χ1) is 8.38. The van der Waals surface area contributed by atoms with Crippen molar-refractivity contribution in [3.63, 3.8) is 0 Å². The zero-order chi connectivity index (χ0) is 13.3. The lowest BCUT2D eigenvalue weighted by Gasteiger charge is -2.30. The van der Waals surface area contributed by atoms with E-state index in [-0.39, 0.29) is 16.2 Å². The summed E-state index contributed by atoms with van der Waals surface area (Å²) in [6.45, 7) is 3.42. The standard InChI is InChI=1S/C10H14N2O4S2/c1-7-5-12(2-3-16-7)10(13)8-4-9(17-6-8)18(11,14)15/h4,6-7H,2-3,5H2,1H3,(H2,11,14,15). The van der Waals surface area contributed by atoms with Crippen molar-refractivity contribution in [1.82, 2.24) is 4.90 Å². The van der Waals surface area contributed by atoms with Crippen molar-refractivity contribution in [3.05, 3.63) is 17.0 Å². The Bertz CT molecular complexity index is 552. The molecule has 1 aliphatic rings. The molecular weight excluding hydrogens is 276 g/mol. The number of primary sulfonamides is 1. The van der Waals surface area contributed by atoms with Gasteiger partial charge in [0.05, 0.1) is 18.3 Å². The number of nitrogens with zero attached hydrogens (tertiary/aromatic N) is 1. The van der Waals surface area contributed by atoms with Gasteiger partial charge < -0.3 is 9.64 Å². The van der Waals surface area contributed by atoms with E-state index in [1.807, 2.05) is 6.92 Å². The number of hydrogen-bond donors (Lipinski definition) is 1. The summed E-state index contributed by atoms with van der Waals surface area (Å²) in [4.78, 5) is 13.8. The fourth-order valence-corrected chi connectivity index (χ4v) is 3.34.